The maximum atomic E-state index is 13.3. The molecule has 4 aromatic rings. The van der Waals surface area contributed by atoms with Gasteiger partial charge in [0.25, 0.3) is 5.56 Å². The summed E-state index contributed by atoms with van der Waals surface area (Å²) in [5.74, 6) is -0.141. The number of aromatic amines is 1. The number of anilines is 2. The maximum absolute atomic E-state index is 13.3. The minimum absolute atomic E-state index is 0.0432. The number of rotatable bonds is 10. The van der Waals surface area contributed by atoms with Gasteiger partial charge >= 0.3 is 15.4 Å². The normalized spacial score (nSPS) is 33.1. The number of aliphatic hydroxyl groups is 2. The van der Waals surface area contributed by atoms with Crippen LogP contribution >= 0.6 is 15.4 Å². The van der Waals surface area contributed by atoms with Crippen LogP contribution in [0.4, 0.5) is 11.8 Å². The smallest absolute Gasteiger partial charge is 0.387 e. The zero-order valence-corrected chi connectivity index (χ0v) is 25.8. The summed E-state index contributed by atoms with van der Waals surface area (Å²) in [6.07, 6.45) is -5.87. The van der Waals surface area contributed by atoms with Crippen molar-refractivity contribution >= 4 is 49.5 Å². The van der Waals surface area contributed by atoms with Crippen molar-refractivity contribution in [3.63, 3.8) is 0 Å². The van der Waals surface area contributed by atoms with E-state index < -0.39 is 82.8 Å². The summed E-state index contributed by atoms with van der Waals surface area (Å²) in [6, 6.07) is 0. The number of nitrogens with two attached hydrogens (primary N) is 2. The first kappa shape index (κ1) is 32.1. The Morgan fingerprint density at radius 3 is 2.51 bits per heavy atom. The van der Waals surface area contributed by atoms with Gasteiger partial charge in [0.05, 0.1) is 32.5 Å². The molecule has 254 valence electrons. The molecule has 0 spiro atoms. The molecular formula is C22H28N10O13P2. The average molecular weight is 702 g/mol. The van der Waals surface area contributed by atoms with E-state index in [2.05, 4.69) is 29.9 Å². The van der Waals surface area contributed by atoms with Gasteiger partial charge in [-0.25, -0.2) is 24.5 Å². The number of nitrogens with zero attached hydrogens (tertiary/aromatic N) is 7. The van der Waals surface area contributed by atoms with Crippen molar-refractivity contribution in [2.24, 2.45) is 0 Å². The van der Waals surface area contributed by atoms with Gasteiger partial charge < -0.3 is 50.2 Å². The van der Waals surface area contributed by atoms with E-state index >= 15 is 0 Å². The van der Waals surface area contributed by atoms with Crippen LogP contribution in [0.15, 0.2) is 23.8 Å². The lowest BCUT2D eigenvalue weighted by Crippen LogP contribution is -2.45. The van der Waals surface area contributed by atoms with E-state index in [0.717, 1.165) is 13.0 Å². The average Bonchev–Trinajstić information content (AvgIpc) is 3.80. The van der Waals surface area contributed by atoms with E-state index in [1.807, 2.05) is 0 Å². The van der Waals surface area contributed by atoms with Crippen molar-refractivity contribution in [1.29, 1.82) is 0 Å². The lowest BCUT2D eigenvalue weighted by atomic mass is 10.0. The first-order chi connectivity index (χ1) is 22.2. The van der Waals surface area contributed by atoms with Gasteiger partial charge in [-0.2, -0.15) is 4.98 Å². The van der Waals surface area contributed by atoms with Gasteiger partial charge in [0.1, 0.15) is 48.0 Å². The highest BCUT2D eigenvalue weighted by Gasteiger charge is 2.65. The molecule has 0 saturated carbocycles. The van der Waals surface area contributed by atoms with E-state index in [-0.39, 0.29) is 40.7 Å². The number of nitrogens with one attached hydrogen (secondary N) is 1. The number of fused-ring (bicyclic) bond motifs is 4. The van der Waals surface area contributed by atoms with Crippen LogP contribution in [0.2, 0.25) is 0 Å². The zero-order valence-electron chi connectivity index (χ0n) is 24.0. The van der Waals surface area contributed by atoms with Gasteiger partial charge in [-0.3, -0.25) is 32.5 Å². The number of nitrogen functional groups attached to an aromatic ring is 2. The van der Waals surface area contributed by atoms with Crippen LogP contribution < -0.4 is 17.0 Å². The Morgan fingerprint density at radius 1 is 1.04 bits per heavy atom. The molecule has 0 aliphatic carbocycles. The molecule has 4 unspecified atom stereocenters. The van der Waals surface area contributed by atoms with E-state index in [4.69, 9.17) is 39.2 Å². The fourth-order valence-corrected chi connectivity index (χ4v) is 7.18. The second kappa shape index (κ2) is 11.3. The van der Waals surface area contributed by atoms with Crippen LogP contribution in [0.25, 0.3) is 22.3 Å². The zero-order chi connectivity index (χ0) is 33.5. The lowest BCUT2D eigenvalue weighted by molar-refractivity contribution is -0.182. The molecule has 25 heteroatoms. The van der Waals surface area contributed by atoms with Crippen molar-refractivity contribution in [2.45, 2.75) is 48.6 Å². The molecule has 47 heavy (non-hydrogen) atoms. The predicted octanol–water partition coefficient (Wildman–Crippen LogP) is -2.26. The number of ether oxygens (including phenoxy) is 3. The molecule has 0 radical (unpaired) electrons. The Hall–Kier alpha value is -3.44. The minimum Gasteiger partial charge on any atom is -0.387 e. The van der Waals surface area contributed by atoms with Crippen LogP contribution in [-0.2, 0) is 36.9 Å². The third-order valence-corrected chi connectivity index (χ3v) is 9.47. The number of aliphatic hydroxyl groups excluding tert-OH is 2. The molecule has 3 aliphatic heterocycles. The summed E-state index contributed by atoms with van der Waals surface area (Å²) < 4.78 is 61.5. The maximum Gasteiger partial charge on any atom is 0.472 e. The molecule has 3 aliphatic rings. The van der Waals surface area contributed by atoms with E-state index in [0.29, 0.717) is 0 Å². The fraction of sp³-hybridized carbons (Fsp3) is 0.545. The number of aromatic nitrogens is 8. The van der Waals surface area contributed by atoms with Crippen LogP contribution in [-0.4, -0.2) is 122 Å². The van der Waals surface area contributed by atoms with Crippen LogP contribution in [0, 0.1) is 0 Å². The molecule has 23 nitrogen and oxygen atoms in total. The summed E-state index contributed by atoms with van der Waals surface area (Å²) in [6.45, 7) is -0.661. The highest BCUT2D eigenvalue weighted by molar-refractivity contribution is 7.51. The number of hydrogen-bond donors (Lipinski definition) is 7. The lowest BCUT2D eigenvalue weighted by Gasteiger charge is -2.31. The summed E-state index contributed by atoms with van der Waals surface area (Å²) in [7, 11) is -9.12. The minimum atomic E-state index is -5.06. The quantitative estimate of drug-likeness (QED) is 0.0857. The Bertz CT molecular complexity index is 2000. The van der Waals surface area contributed by atoms with Gasteiger partial charge in [-0.05, 0) is 0 Å². The van der Waals surface area contributed by atoms with Crippen molar-refractivity contribution in [2.75, 3.05) is 38.0 Å². The number of imidazole rings is 2. The fourth-order valence-electron chi connectivity index (χ4n) is 5.73. The summed E-state index contributed by atoms with van der Waals surface area (Å²) in [5, 5.41) is 21.4. The monoisotopic (exact) mass is 702 g/mol. The molecule has 2 bridgehead atoms. The number of phosphoric ester groups is 1. The SMILES string of the molecule is CP(=O)(O)OC[C@@]12COC([C@H](n3cnc4c(N)ncnc43)O1)[C@H]2OP(=O)(O)OC[C@H]1O[C@@H](n2cnc3c(=O)[nH]c(N)nc32)C(O)[C@H]1O. The van der Waals surface area contributed by atoms with Gasteiger partial charge in [0.15, 0.2) is 35.1 Å². The van der Waals surface area contributed by atoms with E-state index in [1.165, 1.54) is 21.8 Å². The molecule has 4 aromatic heterocycles. The van der Waals surface area contributed by atoms with Crippen LogP contribution in [0.3, 0.4) is 0 Å². The highest BCUT2D eigenvalue weighted by Crippen LogP contribution is 2.56. The first-order valence-corrected chi connectivity index (χ1v) is 17.3. The Kier molecular flexibility index (Phi) is 7.74. The standard InChI is InChI=1S/C22H28N10O13P2/c1-46(36,37)42-4-22-3-40-13(20(44-22)31-6-27-9-15(23)25-5-26-16(9)31)14(22)45-47(38,39)41-2-8-11(33)12(34)19(43-8)32-7-28-10-17(32)29-21(24)30-18(10)35/h5-8,11-14,19-20,33-34H,2-4H2,1H3,(H,36,37)(H,38,39)(H2,23,25,26)(H3,24,29,30,35)/t8-,11+,12?,13?,14-,19-,20-,22-/m1/s1. The second-order valence-corrected chi connectivity index (χ2v) is 14.4. The Morgan fingerprint density at radius 2 is 1.77 bits per heavy atom. The molecule has 7 rings (SSSR count). The predicted molar refractivity (Wildman–Crippen MR) is 153 cm³/mol. The summed E-state index contributed by atoms with van der Waals surface area (Å²) >= 11 is 0. The Labute approximate surface area is 261 Å². The topological polar surface area (TPSA) is 330 Å². The van der Waals surface area contributed by atoms with Gasteiger partial charge in [-0.15, -0.1) is 0 Å². The molecule has 0 aromatic carbocycles. The molecule has 0 amide bonds. The van der Waals surface area contributed by atoms with Crippen molar-refractivity contribution in [3.8, 4) is 0 Å². The number of phosphoric acid groups is 1. The van der Waals surface area contributed by atoms with Crippen molar-refractivity contribution in [1.82, 2.24) is 39.0 Å². The molecule has 10 atom stereocenters. The van der Waals surface area contributed by atoms with Crippen LogP contribution in [0.1, 0.15) is 12.5 Å². The largest absolute Gasteiger partial charge is 0.472 e. The van der Waals surface area contributed by atoms with E-state index in [1.54, 1.807) is 0 Å². The Balaban J connectivity index is 1.10. The van der Waals surface area contributed by atoms with Gasteiger partial charge in [0.2, 0.25) is 5.95 Å². The molecule has 7 heterocycles. The van der Waals surface area contributed by atoms with E-state index in [9.17, 15) is 33.9 Å². The van der Waals surface area contributed by atoms with Crippen LogP contribution in [0.5, 0.6) is 0 Å². The summed E-state index contributed by atoms with van der Waals surface area (Å²) in [4.78, 5) is 55.2. The third kappa shape index (κ3) is 5.63. The molecular weight excluding hydrogens is 674 g/mol. The number of H-pyrrole nitrogens is 1. The first-order valence-electron chi connectivity index (χ1n) is 13.7. The van der Waals surface area contributed by atoms with Gasteiger partial charge in [-0.1, -0.05) is 0 Å². The second-order valence-electron chi connectivity index (χ2n) is 11.1. The molecule has 3 fully saturated rings. The summed E-state index contributed by atoms with van der Waals surface area (Å²) in [5.41, 5.74) is 9.53. The number of hydrogen-bond acceptors (Lipinski definition) is 18. The van der Waals surface area contributed by atoms with Crippen molar-refractivity contribution in [3.05, 3.63) is 29.3 Å². The third-order valence-electron chi connectivity index (χ3n) is 7.89. The highest BCUT2D eigenvalue weighted by atomic mass is 31.2. The molecule has 3 saturated heterocycles. The molecule has 9 N–H and O–H groups in total. The van der Waals surface area contributed by atoms with Gasteiger partial charge in [0, 0.05) is 6.66 Å². The van der Waals surface area contributed by atoms with Crippen molar-refractivity contribution < 1.29 is 56.9 Å².